The number of hydrogen-bond donors (Lipinski definition) is 0. The van der Waals surface area contributed by atoms with Crippen LogP contribution in [-0.4, -0.2) is 20.4 Å². The highest BCUT2D eigenvalue weighted by Gasteiger charge is 2.35. The van der Waals surface area contributed by atoms with Crippen LogP contribution in [0.1, 0.15) is 50.0 Å². The van der Waals surface area contributed by atoms with Crippen molar-refractivity contribution >= 4 is 32.7 Å². The predicted octanol–water partition coefficient (Wildman–Crippen LogP) is 6.43. The first-order chi connectivity index (χ1) is 17.1. The third-order valence-corrected chi connectivity index (χ3v) is 7.41. The largest absolute Gasteiger partial charge is 0.328 e. The molecule has 0 radical (unpaired) electrons. The molecule has 0 aliphatic heterocycles. The van der Waals surface area contributed by atoms with E-state index in [1.54, 1.807) is 4.57 Å². The number of carbonyl (C=O) groups excluding carboxylic acids is 1. The van der Waals surface area contributed by atoms with Gasteiger partial charge in [-0.05, 0) is 61.2 Å². The molecule has 4 aromatic rings. The minimum atomic E-state index is -0.343. The van der Waals surface area contributed by atoms with Crippen LogP contribution in [0.5, 0.6) is 0 Å². The van der Waals surface area contributed by atoms with Crippen molar-refractivity contribution in [1.29, 1.82) is 0 Å². The molecule has 35 heavy (non-hydrogen) atoms. The third kappa shape index (κ3) is 4.67. The van der Waals surface area contributed by atoms with E-state index in [4.69, 9.17) is 4.98 Å². The predicted molar refractivity (Wildman–Crippen MR) is 142 cm³/mol. The molecule has 178 valence electrons. The second-order valence-electron chi connectivity index (χ2n) is 9.11. The molecule has 1 unspecified atom stereocenters. The number of rotatable bonds is 7. The molecule has 1 atom stereocenters. The van der Waals surface area contributed by atoms with Crippen LogP contribution >= 0.6 is 15.9 Å². The molecule has 1 saturated carbocycles. The van der Waals surface area contributed by atoms with Gasteiger partial charge in [-0.1, -0.05) is 71.7 Å². The number of halogens is 1. The van der Waals surface area contributed by atoms with Gasteiger partial charge in [-0.2, -0.15) is 0 Å². The van der Waals surface area contributed by atoms with Crippen molar-refractivity contribution in [2.45, 2.75) is 45.2 Å². The number of nitrogens with zero attached hydrogens (tertiary/aromatic N) is 3. The van der Waals surface area contributed by atoms with Crippen molar-refractivity contribution in [3.8, 4) is 5.69 Å². The molecule has 6 heteroatoms. The summed E-state index contributed by atoms with van der Waals surface area (Å²) in [6, 6.07) is 24.8. The highest BCUT2D eigenvalue weighted by Crippen LogP contribution is 2.34. The number of carbonyl (C=O) groups is 1. The monoisotopic (exact) mass is 529 g/mol. The summed E-state index contributed by atoms with van der Waals surface area (Å²) < 4.78 is 2.62. The molecule has 1 fully saturated rings. The van der Waals surface area contributed by atoms with Crippen LogP contribution in [0, 0.1) is 5.92 Å². The Morgan fingerprint density at radius 3 is 2.37 bits per heavy atom. The first kappa shape index (κ1) is 23.5. The number of fused-ring (bicyclic) bond motifs is 1. The van der Waals surface area contributed by atoms with Gasteiger partial charge < -0.3 is 4.90 Å². The van der Waals surface area contributed by atoms with E-state index < -0.39 is 0 Å². The maximum Gasteiger partial charge on any atom is 0.266 e. The standard InChI is InChI=1S/C29H28BrN3O2/c1-2-26(32(28(34)21-11-8-12-21)19-20-9-4-3-5-10-20)27-31-25-14-7-6-13-24(25)29(35)33(27)23-17-15-22(30)16-18-23/h3-7,9-10,13-18,21,26H,2,8,11-12,19H2,1H3. The van der Waals surface area contributed by atoms with Gasteiger partial charge in [0, 0.05) is 16.9 Å². The molecule has 1 aromatic heterocycles. The molecule has 1 amide bonds. The fraction of sp³-hybridized carbons (Fsp3) is 0.276. The number of amides is 1. The van der Waals surface area contributed by atoms with Crippen LogP contribution in [-0.2, 0) is 11.3 Å². The Labute approximate surface area is 213 Å². The fourth-order valence-electron chi connectivity index (χ4n) is 4.77. The molecular weight excluding hydrogens is 502 g/mol. The highest BCUT2D eigenvalue weighted by atomic mass is 79.9. The van der Waals surface area contributed by atoms with Crippen molar-refractivity contribution in [3.63, 3.8) is 0 Å². The Hall–Kier alpha value is -3.25. The maximum absolute atomic E-state index is 13.8. The van der Waals surface area contributed by atoms with Gasteiger partial charge in [0.1, 0.15) is 5.82 Å². The quantitative estimate of drug-likeness (QED) is 0.277. The smallest absolute Gasteiger partial charge is 0.266 e. The molecular formula is C29H28BrN3O2. The lowest BCUT2D eigenvalue weighted by Crippen LogP contribution is -2.42. The summed E-state index contributed by atoms with van der Waals surface area (Å²) in [5.74, 6) is 0.792. The maximum atomic E-state index is 13.8. The molecule has 0 spiro atoms. The summed E-state index contributed by atoms with van der Waals surface area (Å²) in [7, 11) is 0. The van der Waals surface area contributed by atoms with E-state index in [1.807, 2.05) is 83.8 Å². The van der Waals surface area contributed by atoms with Crippen LogP contribution in [0.15, 0.2) is 88.1 Å². The van der Waals surface area contributed by atoms with Gasteiger partial charge in [0.05, 0.1) is 22.6 Å². The van der Waals surface area contributed by atoms with Gasteiger partial charge in [0.25, 0.3) is 5.56 Å². The molecule has 3 aromatic carbocycles. The van der Waals surface area contributed by atoms with Gasteiger partial charge in [-0.3, -0.25) is 14.2 Å². The summed E-state index contributed by atoms with van der Waals surface area (Å²) in [6.07, 6.45) is 3.58. The Balaban J connectivity index is 1.70. The highest BCUT2D eigenvalue weighted by molar-refractivity contribution is 9.10. The van der Waals surface area contributed by atoms with Gasteiger partial charge in [0.15, 0.2) is 0 Å². The zero-order valence-electron chi connectivity index (χ0n) is 19.7. The Bertz CT molecular complexity index is 1400. The van der Waals surface area contributed by atoms with Gasteiger partial charge in [-0.25, -0.2) is 4.98 Å². The van der Waals surface area contributed by atoms with E-state index >= 15 is 0 Å². The molecule has 1 aliphatic carbocycles. The van der Waals surface area contributed by atoms with Crippen LogP contribution in [0.4, 0.5) is 0 Å². The topological polar surface area (TPSA) is 55.2 Å². The van der Waals surface area contributed by atoms with E-state index in [9.17, 15) is 9.59 Å². The second-order valence-corrected chi connectivity index (χ2v) is 10.0. The summed E-state index contributed by atoms with van der Waals surface area (Å²) in [4.78, 5) is 34.5. The summed E-state index contributed by atoms with van der Waals surface area (Å²) in [5.41, 5.74) is 2.33. The van der Waals surface area contributed by atoms with E-state index in [1.165, 1.54) is 0 Å². The lowest BCUT2D eigenvalue weighted by molar-refractivity contribution is -0.142. The number of aromatic nitrogens is 2. The Morgan fingerprint density at radius 1 is 1.03 bits per heavy atom. The van der Waals surface area contributed by atoms with E-state index in [-0.39, 0.29) is 23.4 Å². The molecule has 5 rings (SSSR count). The lowest BCUT2D eigenvalue weighted by atomic mass is 9.83. The van der Waals surface area contributed by atoms with Crippen molar-refractivity contribution in [3.05, 3.63) is 105 Å². The van der Waals surface area contributed by atoms with Crippen LogP contribution < -0.4 is 5.56 Å². The average molecular weight is 530 g/mol. The summed E-state index contributed by atoms with van der Waals surface area (Å²) >= 11 is 3.49. The molecule has 1 aliphatic rings. The van der Waals surface area contributed by atoms with Gasteiger partial charge in [0.2, 0.25) is 5.91 Å². The van der Waals surface area contributed by atoms with Crippen LogP contribution in [0.25, 0.3) is 16.6 Å². The second kappa shape index (κ2) is 10.2. The zero-order chi connectivity index (χ0) is 24.4. The number of hydrogen-bond acceptors (Lipinski definition) is 3. The molecule has 1 heterocycles. The lowest BCUT2D eigenvalue weighted by Gasteiger charge is -2.37. The normalized spacial score (nSPS) is 14.5. The number of para-hydroxylation sites is 1. The minimum Gasteiger partial charge on any atom is -0.328 e. The summed E-state index contributed by atoms with van der Waals surface area (Å²) in [5, 5.41) is 0.564. The molecule has 0 N–H and O–H groups in total. The van der Waals surface area contributed by atoms with Crippen molar-refractivity contribution in [1.82, 2.24) is 14.5 Å². The first-order valence-corrected chi connectivity index (χ1v) is 13.0. The van der Waals surface area contributed by atoms with Gasteiger partial charge >= 0.3 is 0 Å². The zero-order valence-corrected chi connectivity index (χ0v) is 21.3. The number of benzene rings is 3. The van der Waals surface area contributed by atoms with Gasteiger partial charge in [-0.15, -0.1) is 0 Å². The van der Waals surface area contributed by atoms with E-state index in [0.29, 0.717) is 29.7 Å². The van der Waals surface area contributed by atoms with Crippen molar-refractivity contribution in [2.24, 2.45) is 5.92 Å². The molecule has 0 bridgehead atoms. The van der Waals surface area contributed by atoms with Crippen molar-refractivity contribution < 1.29 is 4.79 Å². The minimum absolute atomic E-state index is 0.0427. The first-order valence-electron chi connectivity index (χ1n) is 12.2. The third-order valence-electron chi connectivity index (χ3n) is 6.88. The van der Waals surface area contributed by atoms with Crippen LogP contribution in [0.2, 0.25) is 0 Å². The SMILES string of the molecule is CCC(c1nc2ccccc2c(=O)n1-c1ccc(Br)cc1)N(Cc1ccccc1)C(=O)C1CCC1. The summed E-state index contributed by atoms with van der Waals surface area (Å²) in [6.45, 7) is 2.54. The van der Waals surface area contributed by atoms with E-state index in [0.717, 1.165) is 35.0 Å². The van der Waals surface area contributed by atoms with Crippen LogP contribution in [0.3, 0.4) is 0 Å². The Morgan fingerprint density at radius 2 is 1.71 bits per heavy atom. The fourth-order valence-corrected chi connectivity index (χ4v) is 5.03. The Kier molecular flexibility index (Phi) is 6.82. The molecule has 0 saturated heterocycles. The average Bonchev–Trinajstić information content (AvgIpc) is 2.84. The molecule has 5 nitrogen and oxygen atoms in total. The van der Waals surface area contributed by atoms with Crippen molar-refractivity contribution in [2.75, 3.05) is 0 Å². The van der Waals surface area contributed by atoms with E-state index in [2.05, 4.69) is 22.9 Å².